The number of unbranched alkanes of at least 4 members (excludes halogenated alkanes) is 1. The molecular formula is C15H17BrO. The van der Waals surface area contributed by atoms with E-state index in [4.69, 9.17) is 4.74 Å². The van der Waals surface area contributed by atoms with Crippen LogP contribution in [0.4, 0.5) is 0 Å². The summed E-state index contributed by atoms with van der Waals surface area (Å²) in [5, 5.41) is 3.37. The van der Waals surface area contributed by atoms with Crippen LogP contribution >= 0.6 is 15.9 Å². The van der Waals surface area contributed by atoms with Crippen LogP contribution in [-0.2, 0) is 5.33 Å². The van der Waals surface area contributed by atoms with Crippen molar-refractivity contribution in [3.8, 4) is 5.75 Å². The fraction of sp³-hybridized carbons (Fsp3) is 0.333. The fourth-order valence-corrected chi connectivity index (χ4v) is 2.49. The number of alkyl halides is 1. The molecule has 0 unspecified atom stereocenters. The van der Waals surface area contributed by atoms with E-state index >= 15 is 0 Å². The maximum Gasteiger partial charge on any atom is 0.123 e. The van der Waals surface area contributed by atoms with Gasteiger partial charge < -0.3 is 4.74 Å². The second kappa shape index (κ2) is 6.06. The molecule has 0 aliphatic rings. The van der Waals surface area contributed by atoms with Crippen molar-refractivity contribution in [3.05, 3.63) is 42.0 Å². The third-order valence-electron chi connectivity index (χ3n) is 2.89. The second-order valence-electron chi connectivity index (χ2n) is 4.10. The molecule has 90 valence electrons. The van der Waals surface area contributed by atoms with E-state index in [1.165, 1.54) is 16.3 Å². The summed E-state index contributed by atoms with van der Waals surface area (Å²) in [5.74, 6) is 1.01. The quantitative estimate of drug-likeness (QED) is 0.562. The van der Waals surface area contributed by atoms with Crippen LogP contribution in [0.5, 0.6) is 5.75 Å². The first-order valence-electron chi connectivity index (χ1n) is 6.06. The molecule has 0 aliphatic heterocycles. The lowest BCUT2D eigenvalue weighted by molar-refractivity contribution is 0.308. The minimum Gasteiger partial charge on any atom is -0.493 e. The smallest absolute Gasteiger partial charge is 0.123 e. The number of halogens is 1. The van der Waals surface area contributed by atoms with E-state index in [0.29, 0.717) is 0 Å². The predicted octanol–water partition coefficient (Wildman–Crippen LogP) is 4.91. The van der Waals surface area contributed by atoms with Crippen molar-refractivity contribution in [2.24, 2.45) is 0 Å². The summed E-state index contributed by atoms with van der Waals surface area (Å²) in [5.41, 5.74) is 1.25. The van der Waals surface area contributed by atoms with Crippen LogP contribution < -0.4 is 4.74 Å². The van der Waals surface area contributed by atoms with Crippen molar-refractivity contribution in [2.75, 3.05) is 6.61 Å². The average Bonchev–Trinajstić information content (AvgIpc) is 2.38. The Morgan fingerprint density at radius 2 is 1.94 bits per heavy atom. The molecule has 0 saturated carbocycles. The Morgan fingerprint density at radius 1 is 1.12 bits per heavy atom. The lowest BCUT2D eigenvalue weighted by Gasteiger charge is -2.12. The molecule has 0 radical (unpaired) electrons. The normalized spacial score (nSPS) is 10.7. The molecule has 0 fully saturated rings. The molecule has 2 aromatic carbocycles. The lowest BCUT2D eigenvalue weighted by Crippen LogP contribution is -1.99. The highest BCUT2D eigenvalue weighted by molar-refractivity contribution is 9.08. The van der Waals surface area contributed by atoms with Gasteiger partial charge >= 0.3 is 0 Å². The lowest BCUT2D eigenvalue weighted by atomic mass is 10.0. The summed E-state index contributed by atoms with van der Waals surface area (Å²) in [6.45, 7) is 2.98. The average molecular weight is 293 g/mol. The van der Waals surface area contributed by atoms with Gasteiger partial charge in [-0.25, -0.2) is 0 Å². The van der Waals surface area contributed by atoms with Gasteiger partial charge in [-0.05, 0) is 23.3 Å². The highest BCUT2D eigenvalue weighted by Crippen LogP contribution is 2.30. The summed E-state index contributed by atoms with van der Waals surface area (Å²) in [7, 11) is 0. The third-order valence-corrected chi connectivity index (χ3v) is 3.45. The maximum absolute atomic E-state index is 5.85. The number of fused-ring (bicyclic) bond motifs is 1. The Morgan fingerprint density at radius 3 is 2.71 bits per heavy atom. The van der Waals surface area contributed by atoms with Gasteiger partial charge in [0.2, 0.25) is 0 Å². The zero-order valence-electron chi connectivity index (χ0n) is 10.1. The molecule has 0 amide bonds. The third kappa shape index (κ3) is 2.81. The monoisotopic (exact) mass is 292 g/mol. The Bertz CT molecular complexity index is 493. The van der Waals surface area contributed by atoms with E-state index in [-0.39, 0.29) is 0 Å². The van der Waals surface area contributed by atoms with Crippen LogP contribution in [0.1, 0.15) is 25.3 Å². The van der Waals surface area contributed by atoms with Crippen molar-refractivity contribution >= 4 is 26.7 Å². The number of ether oxygens (including phenoxy) is 1. The molecular weight excluding hydrogens is 276 g/mol. The molecule has 2 aromatic rings. The van der Waals surface area contributed by atoms with Gasteiger partial charge in [0.1, 0.15) is 5.75 Å². The summed E-state index contributed by atoms with van der Waals surface area (Å²) >= 11 is 3.56. The zero-order chi connectivity index (χ0) is 12.1. The molecule has 0 heterocycles. The van der Waals surface area contributed by atoms with Gasteiger partial charge in [0.15, 0.2) is 0 Å². The van der Waals surface area contributed by atoms with E-state index in [1.807, 2.05) is 0 Å². The number of hydrogen-bond acceptors (Lipinski definition) is 1. The first-order valence-corrected chi connectivity index (χ1v) is 7.18. The van der Waals surface area contributed by atoms with E-state index < -0.39 is 0 Å². The number of benzene rings is 2. The SMILES string of the molecule is CCCCOc1ccc2ccccc2c1CBr. The molecule has 2 rings (SSSR count). The molecule has 0 aliphatic carbocycles. The molecule has 0 aromatic heterocycles. The van der Waals surface area contributed by atoms with E-state index in [0.717, 1.165) is 30.5 Å². The predicted molar refractivity (Wildman–Crippen MR) is 77.0 cm³/mol. The van der Waals surface area contributed by atoms with Gasteiger partial charge in [-0.2, -0.15) is 0 Å². The molecule has 0 saturated heterocycles. The summed E-state index contributed by atoms with van der Waals surface area (Å²) < 4.78 is 5.85. The van der Waals surface area contributed by atoms with Crippen LogP contribution in [0.3, 0.4) is 0 Å². The van der Waals surface area contributed by atoms with Gasteiger partial charge in [-0.15, -0.1) is 0 Å². The molecule has 2 heteroatoms. The summed E-state index contributed by atoms with van der Waals surface area (Å²) in [6, 6.07) is 12.6. The van der Waals surface area contributed by atoms with E-state index in [9.17, 15) is 0 Å². The van der Waals surface area contributed by atoms with Crippen LogP contribution in [0.15, 0.2) is 36.4 Å². The fourth-order valence-electron chi connectivity index (χ4n) is 1.92. The van der Waals surface area contributed by atoms with Gasteiger partial charge in [0.25, 0.3) is 0 Å². The van der Waals surface area contributed by atoms with Crippen molar-refractivity contribution < 1.29 is 4.74 Å². The van der Waals surface area contributed by atoms with Crippen molar-refractivity contribution in [1.82, 2.24) is 0 Å². The Hall–Kier alpha value is -1.02. The van der Waals surface area contributed by atoms with Crippen LogP contribution in [0.25, 0.3) is 10.8 Å². The van der Waals surface area contributed by atoms with E-state index in [2.05, 4.69) is 59.3 Å². The molecule has 0 spiro atoms. The topological polar surface area (TPSA) is 9.23 Å². The number of rotatable bonds is 5. The summed E-state index contributed by atoms with van der Waals surface area (Å²) in [4.78, 5) is 0. The van der Waals surface area contributed by atoms with Crippen molar-refractivity contribution in [3.63, 3.8) is 0 Å². The Kier molecular flexibility index (Phi) is 4.43. The maximum atomic E-state index is 5.85. The van der Waals surface area contributed by atoms with E-state index in [1.54, 1.807) is 0 Å². The van der Waals surface area contributed by atoms with Crippen molar-refractivity contribution in [1.29, 1.82) is 0 Å². The van der Waals surface area contributed by atoms with Crippen LogP contribution in [0, 0.1) is 0 Å². The highest BCUT2D eigenvalue weighted by atomic mass is 79.9. The second-order valence-corrected chi connectivity index (χ2v) is 4.66. The van der Waals surface area contributed by atoms with Crippen LogP contribution in [-0.4, -0.2) is 6.61 Å². The molecule has 17 heavy (non-hydrogen) atoms. The standard InChI is InChI=1S/C15H17BrO/c1-2-3-10-17-15-9-8-12-6-4-5-7-13(12)14(15)11-16/h4-9H,2-3,10-11H2,1H3. The molecule has 0 N–H and O–H groups in total. The Balaban J connectivity index is 2.35. The minimum absolute atomic E-state index is 0.800. The first kappa shape index (κ1) is 12.4. The zero-order valence-corrected chi connectivity index (χ0v) is 11.7. The van der Waals surface area contributed by atoms with Crippen LogP contribution in [0.2, 0.25) is 0 Å². The molecule has 0 atom stereocenters. The van der Waals surface area contributed by atoms with Gasteiger partial charge in [0, 0.05) is 10.9 Å². The van der Waals surface area contributed by atoms with Gasteiger partial charge in [-0.1, -0.05) is 59.6 Å². The first-order chi connectivity index (χ1) is 8.36. The van der Waals surface area contributed by atoms with Crippen molar-refractivity contribution in [2.45, 2.75) is 25.1 Å². The largest absolute Gasteiger partial charge is 0.493 e. The highest BCUT2D eigenvalue weighted by Gasteiger charge is 2.07. The minimum atomic E-state index is 0.800. The number of hydrogen-bond donors (Lipinski definition) is 0. The van der Waals surface area contributed by atoms with Gasteiger partial charge in [-0.3, -0.25) is 0 Å². The Labute approximate surface area is 111 Å². The molecule has 0 bridgehead atoms. The molecule has 1 nitrogen and oxygen atoms in total. The summed E-state index contributed by atoms with van der Waals surface area (Å²) in [6.07, 6.45) is 2.27. The van der Waals surface area contributed by atoms with Gasteiger partial charge in [0.05, 0.1) is 6.61 Å².